The molecule has 22 heavy (non-hydrogen) atoms. The molecule has 1 saturated heterocycles. The fourth-order valence-electron chi connectivity index (χ4n) is 2.83. The summed E-state index contributed by atoms with van der Waals surface area (Å²) in [7, 11) is 0. The molecule has 2 heterocycles. The Morgan fingerprint density at radius 2 is 2.23 bits per heavy atom. The topological polar surface area (TPSA) is 76.4 Å². The number of nitrogens with zero attached hydrogens (tertiary/aromatic N) is 1. The van der Waals surface area contributed by atoms with E-state index in [4.69, 9.17) is 9.26 Å². The fourth-order valence-corrected chi connectivity index (χ4v) is 2.83. The summed E-state index contributed by atoms with van der Waals surface area (Å²) in [6, 6.07) is 1.74. The summed E-state index contributed by atoms with van der Waals surface area (Å²) in [4.78, 5) is 11.9. The zero-order chi connectivity index (χ0) is 15.9. The van der Waals surface area contributed by atoms with Crippen molar-refractivity contribution in [1.82, 2.24) is 15.8 Å². The van der Waals surface area contributed by atoms with Gasteiger partial charge in [0.15, 0.2) is 5.76 Å². The average Bonchev–Trinajstić information content (AvgIpc) is 3.18. The second-order valence-corrected chi connectivity index (χ2v) is 5.90. The molecule has 2 atom stereocenters. The van der Waals surface area contributed by atoms with Crippen LogP contribution < -0.4 is 10.6 Å². The molecule has 0 aliphatic carbocycles. The summed E-state index contributed by atoms with van der Waals surface area (Å²) in [6.45, 7) is 7.38. The monoisotopic (exact) mass is 309 g/mol. The van der Waals surface area contributed by atoms with Crippen molar-refractivity contribution in [3.8, 4) is 0 Å². The van der Waals surface area contributed by atoms with Crippen LogP contribution >= 0.6 is 0 Å². The molecular formula is C16H27N3O3. The van der Waals surface area contributed by atoms with Crippen molar-refractivity contribution in [1.29, 1.82) is 0 Å². The minimum Gasteiger partial charge on any atom is -0.376 e. The molecule has 0 bridgehead atoms. The molecule has 1 aliphatic heterocycles. The third kappa shape index (κ3) is 4.47. The number of ether oxygens (including phenoxy) is 1. The first kappa shape index (κ1) is 16.8. The maximum Gasteiger partial charge on any atom is 0.315 e. The fraction of sp³-hybridized carbons (Fsp3) is 0.750. The van der Waals surface area contributed by atoms with Gasteiger partial charge in [-0.3, -0.25) is 0 Å². The molecule has 0 spiro atoms. The Bertz CT molecular complexity index is 465. The Balaban J connectivity index is 1.76. The second-order valence-electron chi connectivity index (χ2n) is 5.90. The van der Waals surface area contributed by atoms with E-state index in [2.05, 4.69) is 29.6 Å². The Morgan fingerprint density at radius 3 is 2.86 bits per heavy atom. The van der Waals surface area contributed by atoms with Gasteiger partial charge in [0, 0.05) is 18.6 Å². The molecule has 0 saturated carbocycles. The molecular weight excluding hydrogens is 282 g/mol. The molecule has 2 N–H and O–H groups in total. The molecule has 0 radical (unpaired) electrons. The van der Waals surface area contributed by atoms with Crippen molar-refractivity contribution >= 4 is 6.03 Å². The second kappa shape index (κ2) is 8.17. The minimum atomic E-state index is -0.205. The van der Waals surface area contributed by atoms with Gasteiger partial charge in [0.1, 0.15) is 0 Å². The van der Waals surface area contributed by atoms with Crippen molar-refractivity contribution in [3.05, 3.63) is 17.5 Å². The van der Waals surface area contributed by atoms with Gasteiger partial charge in [-0.15, -0.1) is 0 Å². The molecule has 1 fully saturated rings. The highest BCUT2D eigenvalue weighted by atomic mass is 16.5. The molecule has 6 nitrogen and oxygen atoms in total. The molecule has 1 aromatic rings. The maximum absolute atomic E-state index is 11.9. The van der Waals surface area contributed by atoms with Crippen molar-refractivity contribution in [3.63, 3.8) is 0 Å². The van der Waals surface area contributed by atoms with Gasteiger partial charge in [-0.05, 0) is 32.6 Å². The van der Waals surface area contributed by atoms with Crippen LogP contribution in [0.25, 0.3) is 0 Å². The minimum absolute atomic E-state index is 0.0114. The number of aromatic nitrogens is 1. The van der Waals surface area contributed by atoms with Gasteiger partial charge in [-0.2, -0.15) is 0 Å². The molecule has 2 rings (SSSR count). The smallest absolute Gasteiger partial charge is 0.315 e. The van der Waals surface area contributed by atoms with Crippen molar-refractivity contribution < 1.29 is 14.1 Å². The molecule has 6 heteroatoms. The van der Waals surface area contributed by atoms with Gasteiger partial charge in [0.2, 0.25) is 0 Å². The number of carbonyl (C=O) groups excluding carboxylic acids is 1. The molecule has 2 amide bonds. The van der Waals surface area contributed by atoms with Crippen LogP contribution in [0.3, 0.4) is 0 Å². The Kier molecular flexibility index (Phi) is 6.24. The molecule has 124 valence electrons. The Hall–Kier alpha value is -1.56. The van der Waals surface area contributed by atoms with Crippen molar-refractivity contribution in [2.24, 2.45) is 0 Å². The van der Waals surface area contributed by atoms with Gasteiger partial charge in [-0.1, -0.05) is 19.0 Å². The van der Waals surface area contributed by atoms with E-state index in [1.807, 2.05) is 13.0 Å². The van der Waals surface area contributed by atoms with Crippen LogP contribution in [0.4, 0.5) is 4.79 Å². The quantitative estimate of drug-likeness (QED) is 0.812. The summed E-state index contributed by atoms with van der Waals surface area (Å²) in [5.41, 5.74) is 0.968. The van der Waals surface area contributed by atoms with E-state index < -0.39 is 0 Å². The average molecular weight is 309 g/mol. The van der Waals surface area contributed by atoms with Crippen LogP contribution in [-0.4, -0.2) is 29.9 Å². The molecule has 1 aliphatic rings. The maximum atomic E-state index is 11.9. The van der Waals surface area contributed by atoms with E-state index in [1.165, 1.54) is 0 Å². The van der Waals surface area contributed by atoms with Gasteiger partial charge < -0.3 is 19.9 Å². The van der Waals surface area contributed by atoms with E-state index in [9.17, 15) is 4.79 Å². The zero-order valence-electron chi connectivity index (χ0n) is 13.7. The van der Waals surface area contributed by atoms with Gasteiger partial charge in [0.25, 0.3) is 0 Å². The molecule has 0 aromatic carbocycles. The first-order valence-electron chi connectivity index (χ1n) is 8.25. The highest BCUT2D eigenvalue weighted by Crippen LogP contribution is 2.22. The van der Waals surface area contributed by atoms with Crippen molar-refractivity contribution in [2.45, 2.75) is 71.1 Å². The summed E-state index contributed by atoms with van der Waals surface area (Å²) >= 11 is 0. The van der Waals surface area contributed by atoms with Crippen LogP contribution in [0.15, 0.2) is 10.6 Å². The van der Waals surface area contributed by atoms with Crippen LogP contribution in [0, 0.1) is 0 Å². The van der Waals surface area contributed by atoms with E-state index in [-0.39, 0.29) is 18.2 Å². The summed E-state index contributed by atoms with van der Waals surface area (Å²) in [5.74, 6) is 1.10. The largest absolute Gasteiger partial charge is 0.376 e. The van der Waals surface area contributed by atoms with E-state index >= 15 is 0 Å². The first-order valence-corrected chi connectivity index (χ1v) is 8.25. The first-order chi connectivity index (χ1) is 10.6. The lowest BCUT2D eigenvalue weighted by atomic mass is 9.99. The molecule has 1 aromatic heterocycles. The number of carbonyl (C=O) groups is 1. The summed E-state index contributed by atoms with van der Waals surface area (Å²) in [5, 5.41) is 9.80. The number of urea groups is 1. The summed E-state index contributed by atoms with van der Waals surface area (Å²) < 4.78 is 10.8. The Labute approximate surface area is 132 Å². The van der Waals surface area contributed by atoms with Gasteiger partial charge in [0.05, 0.1) is 24.4 Å². The van der Waals surface area contributed by atoms with E-state index in [1.54, 1.807) is 0 Å². The number of hydrogen-bond donors (Lipinski definition) is 2. The normalized spacial score (nSPS) is 19.4. The number of hydrogen-bond acceptors (Lipinski definition) is 4. The van der Waals surface area contributed by atoms with E-state index in [0.29, 0.717) is 18.2 Å². The van der Waals surface area contributed by atoms with Crippen molar-refractivity contribution in [2.75, 3.05) is 6.61 Å². The Morgan fingerprint density at radius 1 is 1.45 bits per heavy atom. The highest BCUT2D eigenvalue weighted by molar-refractivity contribution is 5.74. The lowest BCUT2D eigenvalue weighted by Gasteiger charge is -2.19. The molecule has 0 unspecified atom stereocenters. The zero-order valence-corrected chi connectivity index (χ0v) is 13.7. The van der Waals surface area contributed by atoms with Gasteiger partial charge in [-0.25, -0.2) is 4.79 Å². The van der Waals surface area contributed by atoms with Crippen LogP contribution in [0.5, 0.6) is 0 Å². The predicted molar refractivity (Wildman–Crippen MR) is 83.6 cm³/mol. The SMILES string of the molecule is CCC(CC)c1cc(CNC(=O)N[C@@H](C)[C@H]2CCCO2)on1. The number of amides is 2. The van der Waals surface area contributed by atoms with Crippen LogP contribution in [0.2, 0.25) is 0 Å². The summed E-state index contributed by atoms with van der Waals surface area (Å²) in [6.07, 6.45) is 4.26. The van der Waals surface area contributed by atoms with E-state index in [0.717, 1.165) is 38.0 Å². The number of rotatable bonds is 7. The third-order valence-corrected chi connectivity index (χ3v) is 4.29. The predicted octanol–water partition coefficient (Wildman–Crippen LogP) is 2.94. The lowest BCUT2D eigenvalue weighted by Crippen LogP contribution is -2.45. The van der Waals surface area contributed by atoms with Crippen LogP contribution in [0.1, 0.15) is 63.8 Å². The standard InChI is InChI=1S/C16H27N3O3/c1-4-12(5-2)14-9-13(22-19-14)10-17-16(20)18-11(3)15-7-6-8-21-15/h9,11-12,15H,4-8,10H2,1-3H3,(H2,17,18,20)/t11-,15+/m0/s1. The third-order valence-electron chi connectivity index (χ3n) is 4.29. The van der Waals surface area contributed by atoms with Gasteiger partial charge >= 0.3 is 6.03 Å². The number of nitrogens with one attached hydrogen (secondary N) is 2. The lowest BCUT2D eigenvalue weighted by molar-refractivity contribution is 0.0860. The van der Waals surface area contributed by atoms with Crippen LogP contribution in [-0.2, 0) is 11.3 Å². The highest BCUT2D eigenvalue weighted by Gasteiger charge is 2.23.